The Balaban J connectivity index is 0.00000484. The van der Waals surface area contributed by atoms with E-state index in [1.807, 2.05) is 47.6 Å². The Kier molecular flexibility index (Phi) is 6.64. The molecule has 1 aromatic carbocycles. The second-order valence-electron chi connectivity index (χ2n) is 7.86. The number of hydrogen-bond acceptors (Lipinski definition) is 3. The fourth-order valence-corrected chi connectivity index (χ4v) is 2.22. The smallest absolute Gasteiger partial charge is 0.289 e. The summed E-state index contributed by atoms with van der Waals surface area (Å²) in [5.74, 6) is -3.72. The van der Waals surface area contributed by atoms with Crippen molar-refractivity contribution in [1.82, 2.24) is 0 Å². The van der Waals surface area contributed by atoms with Crippen LogP contribution in [0, 0.1) is 0 Å². The number of aromatic hydroxyl groups is 1. The highest BCUT2D eigenvalue weighted by atomic mass is 35.5. The first-order valence-electron chi connectivity index (χ1n) is 7.34. The van der Waals surface area contributed by atoms with Crippen LogP contribution in [-0.4, -0.2) is 22.7 Å². The molecule has 0 aliphatic heterocycles. The summed E-state index contributed by atoms with van der Waals surface area (Å²) in [4.78, 5) is 0. The van der Waals surface area contributed by atoms with E-state index in [2.05, 4.69) is 0 Å². The van der Waals surface area contributed by atoms with Gasteiger partial charge in [-0.15, -0.1) is 12.4 Å². The maximum atomic E-state index is 13.8. The summed E-state index contributed by atoms with van der Waals surface area (Å²) in [5.41, 5.74) is 6.29. The molecule has 0 spiro atoms. The Hall–Kier alpha value is -0.910. The number of halogens is 3. The van der Waals surface area contributed by atoms with Gasteiger partial charge in [-0.25, -0.2) is 8.78 Å². The van der Waals surface area contributed by atoms with E-state index in [1.54, 1.807) is 0 Å². The van der Waals surface area contributed by atoms with E-state index in [1.165, 1.54) is 6.07 Å². The van der Waals surface area contributed by atoms with Gasteiger partial charge in [0.25, 0.3) is 5.92 Å². The number of hydrogen-bond donors (Lipinski definition) is 3. The van der Waals surface area contributed by atoms with Crippen LogP contribution in [0.5, 0.6) is 5.75 Å². The van der Waals surface area contributed by atoms with Crippen LogP contribution in [0.15, 0.2) is 12.1 Å². The minimum absolute atomic E-state index is 0. The fourth-order valence-electron chi connectivity index (χ4n) is 2.22. The molecule has 0 fully saturated rings. The summed E-state index contributed by atoms with van der Waals surface area (Å²) in [6.45, 7) is 10.2. The third-order valence-electron chi connectivity index (χ3n) is 3.81. The number of rotatable bonds is 3. The van der Waals surface area contributed by atoms with Crippen molar-refractivity contribution in [2.24, 2.45) is 5.73 Å². The fraction of sp³-hybridized carbons (Fsp3) is 0.647. The van der Waals surface area contributed by atoms with Crippen molar-refractivity contribution >= 4 is 12.4 Å². The molecule has 0 aliphatic carbocycles. The van der Waals surface area contributed by atoms with E-state index in [9.17, 15) is 13.9 Å². The Labute approximate surface area is 143 Å². The van der Waals surface area contributed by atoms with Crippen LogP contribution in [0.3, 0.4) is 0 Å². The summed E-state index contributed by atoms with van der Waals surface area (Å²) in [6.07, 6.45) is 0. The third kappa shape index (κ3) is 4.78. The molecule has 4 N–H and O–H groups in total. The Bertz CT molecular complexity index is 549. The van der Waals surface area contributed by atoms with E-state index in [-0.39, 0.29) is 29.1 Å². The molecule has 6 heteroatoms. The van der Waals surface area contributed by atoms with Crippen molar-refractivity contribution in [3.8, 4) is 5.75 Å². The van der Waals surface area contributed by atoms with Gasteiger partial charge in [0, 0.05) is 5.56 Å². The highest BCUT2D eigenvalue weighted by Gasteiger charge is 2.40. The van der Waals surface area contributed by atoms with Gasteiger partial charge in [0.05, 0.1) is 0 Å². The zero-order valence-electron chi connectivity index (χ0n) is 14.6. The van der Waals surface area contributed by atoms with Crippen LogP contribution in [0.2, 0.25) is 0 Å². The number of aliphatic hydroxyl groups excluding tert-OH is 1. The number of phenols is 1. The zero-order chi connectivity index (χ0) is 17.5. The minimum atomic E-state index is -3.50. The first-order chi connectivity index (χ1) is 9.71. The van der Waals surface area contributed by atoms with Crippen LogP contribution in [0.25, 0.3) is 0 Å². The molecule has 0 heterocycles. The van der Waals surface area contributed by atoms with Crippen molar-refractivity contribution in [2.75, 3.05) is 6.61 Å². The zero-order valence-corrected chi connectivity index (χ0v) is 15.4. The summed E-state index contributed by atoms with van der Waals surface area (Å²) in [5, 5.41) is 19.3. The van der Waals surface area contributed by atoms with Crippen LogP contribution in [-0.2, 0) is 10.8 Å². The van der Waals surface area contributed by atoms with Crippen LogP contribution < -0.4 is 5.73 Å². The third-order valence-corrected chi connectivity index (χ3v) is 3.81. The average molecular weight is 352 g/mol. The summed E-state index contributed by atoms with van der Waals surface area (Å²) in [6, 6.07) is 1.59. The molecule has 1 aromatic rings. The van der Waals surface area contributed by atoms with E-state index >= 15 is 0 Å². The minimum Gasteiger partial charge on any atom is -0.507 e. The van der Waals surface area contributed by atoms with Gasteiger partial charge < -0.3 is 15.9 Å². The molecule has 0 aromatic heterocycles. The number of alkyl halides is 2. The van der Waals surface area contributed by atoms with Gasteiger partial charge in [0.15, 0.2) is 0 Å². The van der Waals surface area contributed by atoms with Gasteiger partial charge in [-0.3, -0.25) is 0 Å². The molecule has 0 unspecified atom stereocenters. The average Bonchev–Trinajstić information content (AvgIpc) is 2.35. The highest BCUT2D eigenvalue weighted by Crippen LogP contribution is 2.42. The first-order valence-corrected chi connectivity index (χ1v) is 7.34. The Morgan fingerprint density at radius 3 is 1.87 bits per heavy atom. The first kappa shape index (κ1) is 22.1. The molecule has 3 nitrogen and oxygen atoms in total. The lowest BCUT2D eigenvalue weighted by Gasteiger charge is -2.30. The lowest BCUT2D eigenvalue weighted by atomic mass is 9.77. The standard InChI is InChI=1S/C17H27F2NO2.ClH/c1-15(2,3)10-7-11(14(20)17(18,19)9-21)13(22)12(8-10)16(4,5)6;/h7-8,14,21-22H,9,20H2,1-6H3;1H/t14-;/m1./s1. The summed E-state index contributed by atoms with van der Waals surface area (Å²) in [7, 11) is 0. The quantitative estimate of drug-likeness (QED) is 0.770. The molecule has 0 bridgehead atoms. The van der Waals surface area contributed by atoms with Crippen LogP contribution in [0.4, 0.5) is 8.78 Å². The predicted octanol–water partition coefficient (Wildman–Crippen LogP) is 4.04. The lowest BCUT2D eigenvalue weighted by molar-refractivity contribution is -0.0716. The van der Waals surface area contributed by atoms with Gasteiger partial charge in [-0.1, -0.05) is 47.6 Å². The molecule has 0 radical (unpaired) electrons. The van der Waals surface area contributed by atoms with Crippen molar-refractivity contribution < 1.29 is 19.0 Å². The monoisotopic (exact) mass is 351 g/mol. The second kappa shape index (κ2) is 6.91. The van der Waals surface area contributed by atoms with Gasteiger partial charge >= 0.3 is 0 Å². The number of phenolic OH excluding ortho intramolecular Hbond substituents is 1. The second-order valence-corrected chi connectivity index (χ2v) is 7.86. The molecule has 0 aliphatic rings. The van der Waals surface area contributed by atoms with Crippen molar-refractivity contribution in [3.05, 3.63) is 28.8 Å². The maximum absolute atomic E-state index is 13.8. The molecule has 1 rings (SSSR count). The molecule has 0 saturated carbocycles. The van der Waals surface area contributed by atoms with E-state index in [0.29, 0.717) is 5.56 Å². The van der Waals surface area contributed by atoms with Crippen molar-refractivity contribution in [1.29, 1.82) is 0 Å². The van der Waals surface area contributed by atoms with Crippen molar-refractivity contribution in [3.63, 3.8) is 0 Å². The molecule has 0 saturated heterocycles. The highest BCUT2D eigenvalue weighted by molar-refractivity contribution is 5.85. The SMILES string of the molecule is CC(C)(C)c1cc([C@@H](N)C(F)(F)CO)c(O)c(C(C)(C)C)c1.Cl. The largest absolute Gasteiger partial charge is 0.507 e. The molecule has 134 valence electrons. The van der Waals surface area contributed by atoms with Crippen LogP contribution >= 0.6 is 12.4 Å². The topological polar surface area (TPSA) is 66.5 Å². The molecular weight excluding hydrogens is 324 g/mol. The number of aliphatic hydroxyl groups is 1. The molecular formula is C17H28ClF2NO2. The van der Waals surface area contributed by atoms with E-state index in [4.69, 9.17) is 10.8 Å². The summed E-state index contributed by atoms with van der Waals surface area (Å²) < 4.78 is 27.6. The summed E-state index contributed by atoms with van der Waals surface area (Å²) >= 11 is 0. The Morgan fingerprint density at radius 2 is 1.52 bits per heavy atom. The molecule has 0 amide bonds. The van der Waals surface area contributed by atoms with Gasteiger partial charge in [0.2, 0.25) is 0 Å². The van der Waals surface area contributed by atoms with Gasteiger partial charge in [-0.05, 0) is 28.0 Å². The number of benzene rings is 1. The lowest BCUT2D eigenvalue weighted by Crippen LogP contribution is -2.36. The maximum Gasteiger partial charge on any atom is 0.289 e. The van der Waals surface area contributed by atoms with E-state index < -0.39 is 24.0 Å². The van der Waals surface area contributed by atoms with Crippen LogP contribution in [0.1, 0.15) is 64.3 Å². The number of nitrogens with two attached hydrogens (primary N) is 1. The molecule has 23 heavy (non-hydrogen) atoms. The predicted molar refractivity (Wildman–Crippen MR) is 91.7 cm³/mol. The normalized spacial score (nSPS) is 14.3. The van der Waals surface area contributed by atoms with Crippen molar-refractivity contribution in [2.45, 2.75) is 64.3 Å². The molecule has 1 atom stereocenters. The Morgan fingerprint density at radius 1 is 1.04 bits per heavy atom. The van der Waals surface area contributed by atoms with Gasteiger partial charge in [0.1, 0.15) is 18.4 Å². The van der Waals surface area contributed by atoms with Gasteiger partial charge in [-0.2, -0.15) is 0 Å². The van der Waals surface area contributed by atoms with E-state index in [0.717, 1.165) is 5.56 Å².